The summed E-state index contributed by atoms with van der Waals surface area (Å²) in [5.41, 5.74) is 1.49. The topological polar surface area (TPSA) is 77.6 Å². The highest BCUT2D eigenvalue weighted by molar-refractivity contribution is 5.91. The normalized spacial score (nSPS) is 16.1. The molecular weight excluding hydrogens is 334 g/mol. The fraction of sp³-hybridized carbons (Fsp3) is 0.200. The van der Waals surface area contributed by atoms with Gasteiger partial charge in [0.15, 0.2) is 0 Å². The van der Waals surface area contributed by atoms with Gasteiger partial charge in [0.2, 0.25) is 0 Å². The summed E-state index contributed by atoms with van der Waals surface area (Å²) in [6.45, 7) is 0. The molecule has 6 heteroatoms. The second kappa shape index (κ2) is 6.22. The lowest BCUT2D eigenvalue weighted by Gasteiger charge is -2.26. The van der Waals surface area contributed by atoms with Gasteiger partial charge >= 0.3 is 5.97 Å². The molecule has 0 saturated carbocycles. The number of hydrogen-bond acceptors (Lipinski definition) is 5. The van der Waals surface area contributed by atoms with Crippen LogP contribution < -0.4 is 19.8 Å². The van der Waals surface area contributed by atoms with Gasteiger partial charge in [0.1, 0.15) is 17.2 Å². The Labute approximate surface area is 149 Å². The monoisotopic (exact) mass is 351 g/mol. The third-order valence-corrected chi connectivity index (χ3v) is 4.66. The number of fused-ring (bicyclic) bond motifs is 3. The number of carbonyl (C=O) groups is 1. The Morgan fingerprint density at radius 3 is 2.65 bits per heavy atom. The summed E-state index contributed by atoms with van der Waals surface area (Å²) in [6.07, 6.45) is 0.0535. The van der Waals surface area contributed by atoms with Gasteiger partial charge < -0.3 is 19.2 Å². The van der Waals surface area contributed by atoms with Crippen molar-refractivity contribution >= 4 is 16.9 Å². The molecule has 0 fully saturated rings. The second-order valence-electron chi connectivity index (χ2n) is 6.08. The van der Waals surface area contributed by atoms with Crippen LogP contribution >= 0.6 is 0 Å². The highest BCUT2D eigenvalue weighted by Gasteiger charge is 2.34. The van der Waals surface area contributed by atoms with E-state index in [2.05, 4.69) is 4.98 Å². The van der Waals surface area contributed by atoms with Gasteiger partial charge in [-0.3, -0.25) is 9.59 Å². The molecule has 1 atom stereocenters. The van der Waals surface area contributed by atoms with E-state index in [0.717, 1.165) is 0 Å². The minimum absolute atomic E-state index is 0.0535. The average Bonchev–Trinajstić information content (AvgIpc) is 2.66. The molecule has 4 rings (SSSR count). The number of nitrogens with one attached hydrogen (secondary N) is 1. The number of benzene rings is 2. The molecule has 26 heavy (non-hydrogen) atoms. The van der Waals surface area contributed by atoms with Crippen LogP contribution in [0.1, 0.15) is 23.5 Å². The molecule has 0 unspecified atom stereocenters. The van der Waals surface area contributed by atoms with E-state index in [-0.39, 0.29) is 17.9 Å². The Morgan fingerprint density at radius 1 is 1.08 bits per heavy atom. The number of para-hydroxylation sites is 1. The number of carbonyl (C=O) groups excluding carboxylic acids is 1. The zero-order chi connectivity index (χ0) is 18.3. The maximum absolute atomic E-state index is 12.8. The van der Waals surface area contributed by atoms with Crippen LogP contribution in [0.5, 0.6) is 17.2 Å². The Kier molecular flexibility index (Phi) is 3.88. The fourth-order valence-corrected chi connectivity index (χ4v) is 3.46. The van der Waals surface area contributed by atoms with Gasteiger partial charge in [-0.2, -0.15) is 0 Å². The van der Waals surface area contributed by atoms with E-state index in [1.54, 1.807) is 38.5 Å². The number of hydrogen-bond donors (Lipinski definition) is 1. The molecule has 2 aromatic carbocycles. The minimum atomic E-state index is -0.482. The van der Waals surface area contributed by atoms with Crippen molar-refractivity contribution in [3.63, 3.8) is 0 Å². The van der Waals surface area contributed by atoms with Crippen LogP contribution in [-0.2, 0) is 4.79 Å². The van der Waals surface area contributed by atoms with Crippen molar-refractivity contribution in [1.29, 1.82) is 0 Å². The summed E-state index contributed by atoms with van der Waals surface area (Å²) in [6, 6.07) is 12.6. The number of rotatable bonds is 3. The van der Waals surface area contributed by atoms with E-state index in [0.29, 0.717) is 39.3 Å². The highest BCUT2D eigenvalue weighted by Crippen LogP contribution is 2.43. The Balaban J connectivity index is 2.01. The summed E-state index contributed by atoms with van der Waals surface area (Å²) < 4.78 is 16.2. The summed E-state index contributed by atoms with van der Waals surface area (Å²) in [4.78, 5) is 28.0. The number of esters is 1. The molecule has 1 N–H and O–H groups in total. The third-order valence-electron chi connectivity index (χ3n) is 4.66. The minimum Gasteiger partial charge on any atom is -0.497 e. The molecule has 0 radical (unpaired) electrons. The van der Waals surface area contributed by atoms with Gasteiger partial charge in [-0.1, -0.05) is 12.1 Å². The SMILES string of the molecule is COc1ccc(OC)c([C@H]2CC(=O)Oc3c2c(=O)[nH]c2ccccc32)c1. The molecule has 132 valence electrons. The molecule has 2 heterocycles. The Hall–Kier alpha value is -3.28. The smallest absolute Gasteiger partial charge is 0.312 e. The standard InChI is InChI=1S/C20H17NO5/c1-24-11-7-8-16(25-2)13(9-11)14-10-17(22)26-19-12-5-3-4-6-15(12)21-20(23)18(14)19/h3-9,14H,10H2,1-2H3,(H,21,23)/t14-/m1/s1. The lowest BCUT2D eigenvalue weighted by molar-refractivity contribution is -0.135. The van der Waals surface area contributed by atoms with Gasteiger partial charge in [0.25, 0.3) is 5.56 Å². The van der Waals surface area contributed by atoms with Crippen LogP contribution in [0.2, 0.25) is 0 Å². The molecule has 0 aliphatic carbocycles. The van der Waals surface area contributed by atoms with E-state index >= 15 is 0 Å². The number of H-pyrrole nitrogens is 1. The first kappa shape index (κ1) is 16.2. The zero-order valence-corrected chi connectivity index (χ0v) is 14.4. The molecule has 0 bridgehead atoms. The molecule has 0 spiro atoms. The van der Waals surface area contributed by atoms with Crippen LogP contribution in [0, 0.1) is 0 Å². The number of aromatic nitrogens is 1. The van der Waals surface area contributed by atoms with Gasteiger partial charge in [-0.05, 0) is 30.3 Å². The predicted molar refractivity (Wildman–Crippen MR) is 96.2 cm³/mol. The van der Waals surface area contributed by atoms with Crippen molar-refractivity contribution < 1.29 is 19.0 Å². The second-order valence-corrected chi connectivity index (χ2v) is 6.08. The van der Waals surface area contributed by atoms with Crippen molar-refractivity contribution in [2.75, 3.05) is 14.2 Å². The third kappa shape index (κ3) is 2.50. The lowest BCUT2D eigenvalue weighted by atomic mass is 9.85. The molecule has 0 saturated heterocycles. The van der Waals surface area contributed by atoms with Crippen LogP contribution in [0.15, 0.2) is 47.3 Å². The van der Waals surface area contributed by atoms with Crippen LogP contribution in [0.4, 0.5) is 0 Å². The fourth-order valence-electron chi connectivity index (χ4n) is 3.46. The number of pyridine rings is 1. The van der Waals surface area contributed by atoms with Crippen molar-refractivity contribution in [2.24, 2.45) is 0 Å². The van der Waals surface area contributed by atoms with Crippen molar-refractivity contribution in [1.82, 2.24) is 4.98 Å². The van der Waals surface area contributed by atoms with Crippen molar-refractivity contribution in [3.8, 4) is 17.2 Å². The average molecular weight is 351 g/mol. The molecule has 1 aliphatic heterocycles. The van der Waals surface area contributed by atoms with Gasteiger partial charge in [-0.25, -0.2) is 0 Å². The molecular formula is C20H17NO5. The van der Waals surface area contributed by atoms with Gasteiger partial charge in [0, 0.05) is 16.9 Å². The quantitative estimate of drug-likeness (QED) is 0.734. The molecule has 1 aromatic heterocycles. The summed E-state index contributed by atoms with van der Waals surface area (Å²) >= 11 is 0. The Morgan fingerprint density at radius 2 is 1.88 bits per heavy atom. The first-order valence-electron chi connectivity index (χ1n) is 8.20. The molecule has 0 amide bonds. The van der Waals surface area contributed by atoms with E-state index in [4.69, 9.17) is 14.2 Å². The summed E-state index contributed by atoms with van der Waals surface area (Å²) in [7, 11) is 3.12. The van der Waals surface area contributed by atoms with E-state index in [1.165, 1.54) is 0 Å². The Bertz CT molecular complexity index is 1070. The lowest BCUT2D eigenvalue weighted by Crippen LogP contribution is -2.28. The van der Waals surface area contributed by atoms with E-state index in [9.17, 15) is 9.59 Å². The maximum atomic E-state index is 12.8. The number of aromatic amines is 1. The van der Waals surface area contributed by atoms with Crippen molar-refractivity contribution in [3.05, 3.63) is 63.9 Å². The molecule has 6 nitrogen and oxygen atoms in total. The number of ether oxygens (including phenoxy) is 3. The molecule has 1 aliphatic rings. The van der Waals surface area contributed by atoms with Crippen LogP contribution in [0.3, 0.4) is 0 Å². The van der Waals surface area contributed by atoms with Gasteiger partial charge in [-0.15, -0.1) is 0 Å². The number of methoxy groups -OCH3 is 2. The first-order valence-corrected chi connectivity index (χ1v) is 8.20. The highest BCUT2D eigenvalue weighted by atomic mass is 16.5. The first-order chi connectivity index (χ1) is 12.6. The summed E-state index contributed by atoms with van der Waals surface area (Å²) in [5, 5.41) is 0.696. The van der Waals surface area contributed by atoms with Gasteiger partial charge in [0.05, 0.1) is 31.7 Å². The van der Waals surface area contributed by atoms with E-state index < -0.39 is 5.92 Å². The van der Waals surface area contributed by atoms with E-state index in [1.807, 2.05) is 18.2 Å². The molecule has 3 aromatic rings. The zero-order valence-electron chi connectivity index (χ0n) is 14.4. The van der Waals surface area contributed by atoms with Crippen LogP contribution in [0.25, 0.3) is 10.9 Å². The maximum Gasteiger partial charge on any atom is 0.312 e. The van der Waals surface area contributed by atoms with Crippen LogP contribution in [-0.4, -0.2) is 25.2 Å². The predicted octanol–water partition coefficient (Wildman–Crippen LogP) is 2.99. The summed E-state index contributed by atoms with van der Waals surface area (Å²) in [5.74, 6) is 0.658. The largest absolute Gasteiger partial charge is 0.497 e. The van der Waals surface area contributed by atoms with Crippen molar-refractivity contribution in [2.45, 2.75) is 12.3 Å².